The third-order valence-electron chi connectivity index (χ3n) is 5.18. The van der Waals surface area contributed by atoms with Gasteiger partial charge >= 0.3 is 0 Å². The molecule has 1 saturated heterocycles. The quantitative estimate of drug-likeness (QED) is 0.831. The van der Waals surface area contributed by atoms with Crippen LogP contribution < -0.4 is 0 Å². The summed E-state index contributed by atoms with van der Waals surface area (Å²) in [4.78, 5) is 2.53. The summed E-state index contributed by atoms with van der Waals surface area (Å²) in [6, 6.07) is 9.14. The van der Waals surface area contributed by atoms with Crippen LogP contribution in [0.25, 0.3) is 0 Å². The molecule has 0 spiro atoms. The molecule has 1 aromatic rings. The first-order valence-corrected chi connectivity index (χ1v) is 9.91. The summed E-state index contributed by atoms with van der Waals surface area (Å²) in [7, 11) is -1.35. The number of hydrogen-bond donors (Lipinski definition) is 0. The molecule has 0 radical (unpaired) electrons. The second-order valence-electron chi connectivity index (χ2n) is 6.51. The minimum atomic E-state index is -3.11. The number of fused-ring (bicyclic) bond motifs is 3. The standard InChI is InChI=1S/C17H26N2O2S.ClH/c1-3-12-22(20,21)18(2)15-9-11-19-10-8-14-6-4-5-7-16(14)17(19)13-15;/h4-7,15,17H,3,8-13H2,1-2H3;1H/t15?,17-;/m1./s1. The highest BCUT2D eigenvalue weighted by Crippen LogP contribution is 2.38. The molecule has 2 aliphatic heterocycles. The minimum Gasteiger partial charge on any atom is -0.296 e. The van der Waals surface area contributed by atoms with E-state index in [9.17, 15) is 8.42 Å². The lowest BCUT2D eigenvalue weighted by atomic mass is 9.85. The molecule has 2 heterocycles. The minimum absolute atomic E-state index is 0. The predicted molar refractivity (Wildman–Crippen MR) is 96.6 cm³/mol. The Hall–Kier alpha value is -0.620. The van der Waals surface area contributed by atoms with Gasteiger partial charge in [-0.15, -0.1) is 12.4 Å². The summed E-state index contributed by atoms with van der Waals surface area (Å²) in [6.07, 6.45) is 3.65. The third-order valence-corrected chi connectivity index (χ3v) is 7.28. The topological polar surface area (TPSA) is 40.6 Å². The van der Waals surface area contributed by atoms with Gasteiger partial charge in [0.05, 0.1) is 5.75 Å². The van der Waals surface area contributed by atoms with E-state index in [0.717, 1.165) is 32.4 Å². The fraction of sp³-hybridized carbons (Fsp3) is 0.647. The molecule has 0 saturated carbocycles. The Morgan fingerprint density at radius 2 is 2.00 bits per heavy atom. The molecule has 130 valence electrons. The Labute approximate surface area is 146 Å². The van der Waals surface area contributed by atoms with Gasteiger partial charge in [0.1, 0.15) is 0 Å². The molecule has 4 nitrogen and oxygen atoms in total. The van der Waals surface area contributed by atoms with Crippen LogP contribution in [0, 0.1) is 0 Å². The fourth-order valence-corrected chi connectivity index (χ4v) is 5.35. The van der Waals surface area contributed by atoms with E-state index in [4.69, 9.17) is 0 Å². The third kappa shape index (κ3) is 3.73. The zero-order valence-corrected chi connectivity index (χ0v) is 15.6. The van der Waals surface area contributed by atoms with Crippen molar-refractivity contribution in [1.29, 1.82) is 0 Å². The average Bonchev–Trinajstić information content (AvgIpc) is 2.53. The van der Waals surface area contributed by atoms with E-state index < -0.39 is 10.0 Å². The van der Waals surface area contributed by atoms with Crippen LogP contribution in [0.5, 0.6) is 0 Å². The van der Waals surface area contributed by atoms with E-state index in [1.54, 1.807) is 11.4 Å². The summed E-state index contributed by atoms with van der Waals surface area (Å²) in [5.41, 5.74) is 2.84. The van der Waals surface area contributed by atoms with Crippen LogP contribution >= 0.6 is 12.4 Å². The van der Waals surface area contributed by atoms with Gasteiger partial charge < -0.3 is 0 Å². The molecule has 0 bridgehead atoms. The van der Waals surface area contributed by atoms with Gasteiger partial charge in [-0.1, -0.05) is 31.2 Å². The van der Waals surface area contributed by atoms with Gasteiger partial charge in [0.15, 0.2) is 0 Å². The molecule has 1 unspecified atom stereocenters. The molecule has 1 fully saturated rings. The Morgan fingerprint density at radius 3 is 2.74 bits per heavy atom. The molecular formula is C17H27ClN2O2S. The number of piperidine rings is 1. The van der Waals surface area contributed by atoms with Crippen molar-refractivity contribution >= 4 is 22.4 Å². The summed E-state index contributed by atoms with van der Waals surface area (Å²) in [5.74, 6) is 0.255. The number of benzene rings is 1. The van der Waals surface area contributed by atoms with E-state index in [1.807, 2.05) is 6.92 Å². The lowest BCUT2D eigenvalue weighted by Gasteiger charge is -2.45. The molecule has 1 aromatic carbocycles. The van der Waals surface area contributed by atoms with E-state index in [0.29, 0.717) is 12.5 Å². The van der Waals surface area contributed by atoms with Gasteiger partial charge in [0.2, 0.25) is 10.0 Å². The van der Waals surface area contributed by atoms with E-state index in [2.05, 4.69) is 29.2 Å². The molecular weight excluding hydrogens is 332 g/mol. The molecule has 0 amide bonds. The van der Waals surface area contributed by atoms with Gasteiger partial charge in [-0.2, -0.15) is 0 Å². The van der Waals surface area contributed by atoms with Crippen molar-refractivity contribution in [1.82, 2.24) is 9.21 Å². The van der Waals surface area contributed by atoms with Crippen molar-refractivity contribution in [2.45, 2.75) is 44.7 Å². The summed E-state index contributed by atoms with van der Waals surface area (Å²) in [6.45, 7) is 4.01. The average molecular weight is 359 g/mol. The monoisotopic (exact) mass is 358 g/mol. The molecule has 2 atom stereocenters. The number of nitrogens with zero attached hydrogens (tertiary/aromatic N) is 2. The zero-order valence-electron chi connectivity index (χ0n) is 13.9. The number of sulfonamides is 1. The SMILES string of the molecule is CCCS(=O)(=O)N(C)C1CCN2CCc3ccccc3[C@H]2C1.Cl. The van der Waals surface area contributed by atoms with Crippen molar-refractivity contribution in [3.8, 4) is 0 Å². The molecule has 2 aliphatic rings. The zero-order chi connectivity index (χ0) is 15.7. The van der Waals surface area contributed by atoms with E-state index in [1.165, 1.54) is 11.1 Å². The van der Waals surface area contributed by atoms with Crippen LogP contribution in [-0.4, -0.2) is 49.6 Å². The molecule has 0 aromatic heterocycles. The highest BCUT2D eigenvalue weighted by molar-refractivity contribution is 7.89. The van der Waals surface area contributed by atoms with Crippen LogP contribution in [-0.2, 0) is 16.4 Å². The van der Waals surface area contributed by atoms with Gasteiger partial charge in [0, 0.05) is 32.2 Å². The van der Waals surface area contributed by atoms with Crippen LogP contribution in [0.2, 0.25) is 0 Å². The lowest BCUT2D eigenvalue weighted by molar-refractivity contribution is 0.0969. The normalized spacial score (nSPS) is 24.7. The van der Waals surface area contributed by atoms with Gasteiger partial charge in [0.25, 0.3) is 0 Å². The maximum absolute atomic E-state index is 12.3. The Morgan fingerprint density at radius 1 is 1.26 bits per heavy atom. The van der Waals surface area contributed by atoms with Crippen LogP contribution in [0.3, 0.4) is 0 Å². The van der Waals surface area contributed by atoms with Gasteiger partial charge in [-0.25, -0.2) is 12.7 Å². The fourth-order valence-electron chi connectivity index (χ4n) is 3.90. The second-order valence-corrected chi connectivity index (χ2v) is 8.66. The van der Waals surface area contributed by atoms with Crippen LogP contribution in [0.4, 0.5) is 0 Å². The van der Waals surface area contributed by atoms with Crippen molar-refractivity contribution in [3.63, 3.8) is 0 Å². The summed E-state index contributed by atoms with van der Waals surface area (Å²) in [5, 5.41) is 0. The number of hydrogen-bond acceptors (Lipinski definition) is 3. The largest absolute Gasteiger partial charge is 0.296 e. The van der Waals surface area contributed by atoms with E-state index >= 15 is 0 Å². The first-order valence-electron chi connectivity index (χ1n) is 8.30. The van der Waals surface area contributed by atoms with Crippen molar-refractivity contribution in [3.05, 3.63) is 35.4 Å². The first-order chi connectivity index (χ1) is 10.5. The second kappa shape index (κ2) is 7.51. The molecule has 23 heavy (non-hydrogen) atoms. The Bertz CT molecular complexity index is 635. The van der Waals surface area contributed by atoms with Crippen LogP contribution in [0.1, 0.15) is 43.4 Å². The maximum Gasteiger partial charge on any atom is 0.214 e. The maximum atomic E-state index is 12.3. The van der Waals surface area contributed by atoms with Crippen LogP contribution in [0.15, 0.2) is 24.3 Å². The van der Waals surface area contributed by atoms with E-state index in [-0.39, 0.29) is 24.2 Å². The molecule has 0 aliphatic carbocycles. The van der Waals surface area contributed by atoms with Gasteiger partial charge in [-0.05, 0) is 36.8 Å². The van der Waals surface area contributed by atoms with Crippen molar-refractivity contribution in [2.24, 2.45) is 0 Å². The highest BCUT2D eigenvalue weighted by Gasteiger charge is 2.37. The lowest BCUT2D eigenvalue weighted by Crippen LogP contribution is -2.49. The first kappa shape index (κ1) is 18.7. The van der Waals surface area contributed by atoms with Crippen molar-refractivity contribution in [2.75, 3.05) is 25.9 Å². The number of halogens is 1. The number of rotatable bonds is 4. The predicted octanol–water partition coefficient (Wildman–Crippen LogP) is 2.84. The highest BCUT2D eigenvalue weighted by atomic mass is 35.5. The molecule has 6 heteroatoms. The molecule has 0 N–H and O–H groups in total. The summed E-state index contributed by atoms with van der Waals surface area (Å²) >= 11 is 0. The van der Waals surface area contributed by atoms with Gasteiger partial charge in [-0.3, -0.25) is 4.90 Å². The van der Waals surface area contributed by atoms with Crippen molar-refractivity contribution < 1.29 is 8.42 Å². The smallest absolute Gasteiger partial charge is 0.214 e. The Balaban J connectivity index is 0.00000192. The Kier molecular flexibility index (Phi) is 6.11. The summed E-state index contributed by atoms with van der Waals surface area (Å²) < 4.78 is 26.3. The molecule has 3 rings (SSSR count).